The number of rotatable bonds is 5. The first-order chi connectivity index (χ1) is 9.65. The molecule has 2 aromatic rings. The molecule has 4 nitrogen and oxygen atoms in total. The van der Waals surface area contributed by atoms with Crippen molar-refractivity contribution < 1.29 is 9.63 Å². The van der Waals surface area contributed by atoms with Gasteiger partial charge in [-0.05, 0) is 30.2 Å². The molecule has 102 valence electrons. The molecule has 0 aliphatic heterocycles. The number of nitrogens with two attached hydrogens (primary N) is 1. The normalized spacial score (nSPS) is 10.7. The Hall–Kier alpha value is -2.62. The topological polar surface area (TPSA) is 64.7 Å². The number of benzene rings is 2. The van der Waals surface area contributed by atoms with Gasteiger partial charge in [0.05, 0.1) is 6.21 Å². The number of oxime groups is 1. The summed E-state index contributed by atoms with van der Waals surface area (Å²) in [6.45, 7) is 2.38. The second-order valence-corrected chi connectivity index (χ2v) is 4.48. The molecule has 2 aromatic carbocycles. The molecular formula is C16H16N2O2. The van der Waals surface area contributed by atoms with Crippen LogP contribution in [0, 0.1) is 6.92 Å². The Bertz CT molecular complexity index is 601. The third-order valence-electron chi connectivity index (χ3n) is 2.82. The van der Waals surface area contributed by atoms with Gasteiger partial charge in [-0.15, -0.1) is 0 Å². The number of aryl methyl sites for hydroxylation is 1. The lowest BCUT2D eigenvalue weighted by atomic mass is 10.1. The zero-order chi connectivity index (χ0) is 14.4. The third kappa shape index (κ3) is 3.95. The lowest BCUT2D eigenvalue weighted by Gasteiger charge is -2.01. The highest BCUT2D eigenvalue weighted by atomic mass is 16.6. The van der Waals surface area contributed by atoms with Gasteiger partial charge < -0.3 is 10.6 Å². The van der Waals surface area contributed by atoms with E-state index >= 15 is 0 Å². The van der Waals surface area contributed by atoms with Crippen molar-refractivity contribution in [3.63, 3.8) is 0 Å². The summed E-state index contributed by atoms with van der Waals surface area (Å²) in [5.74, 6) is -0.435. The van der Waals surface area contributed by atoms with Gasteiger partial charge in [0, 0.05) is 5.56 Å². The molecule has 0 aliphatic rings. The van der Waals surface area contributed by atoms with Crippen molar-refractivity contribution in [3.8, 4) is 0 Å². The summed E-state index contributed by atoms with van der Waals surface area (Å²) in [7, 11) is 0. The van der Waals surface area contributed by atoms with Gasteiger partial charge in [-0.1, -0.05) is 47.1 Å². The molecule has 0 aromatic heterocycles. The number of primary amides is 1. The van der Waals surface area contributed by atoms with Gasteiger partial charge in [-0.3, -0.25) is 4.79 Å². The average Bonchev–Trinajstić information content (AvgIpc) is 2.46. The van der Waals surface area contributed by atoms with E-state index in [1.165, 1.54) is 5.56 Å². The first-order valence-electron chi connectivity index (χ1n) is 6.26. The van der Waals surface area contributed by atoms with E-state index in [2.05, 4.69) is 5.16 Å². The van der Waals surface area contributed by atoms with Crippen LogP contribution in [0.3, 0.4) is 0 Å². The molecule has 2 rings (SSSR count). The fourth-order valence-corrected chi connectivity index (χ4v) is 1.63. The number of carbonyl (C=O) groups is 1. The molecule has 0 heterocycles. The van der Waals surface area contributed by atoms with E-state index in [0.29, 0.717) is 12.2 Å². The van der Waals surface area contributed by atoms with Gasteiger partial charge in [0.2, 0.25) is 5.91 Å². The maximum absolute atomic E-state index is 10.9. The summed E-state index contributed by atoms with van der Waals surface area (Å²) >= 11 is 0. The predicted molar refractivity (Wildman–Crippen MR) is 78.5 cm³/mol. The Morgan fingerprint density at radius 3 is 2.40 bits per heavy atom. The minimum atomic E-state index is -0.435. The fraction of sp³-hybridized carbons (Fsp3) is 0.125. The number of hydrogen-bond donors (Lipinski definition) is 1. The lowest BCUT2D eigenvalue weighted by Crippen LogP contribution is -2.10. The summed E-state index contributed by atoms with van der Waals surface area (Å²) in [5.41, 5.74) is 8.77. The van der Waals surface area contributed by atoms with Crippen LogP contribution in [0.15, 0.2) is 53.7 Å². The summed E-state index contributed by atoms with van der Waals surface area (Å²) in [6.07, 6.45) is 1.66. The van der Waals surface area contributed by atoms with Crippen LogP contribution in [0.1, 0.15) is 27.0 Å². The molecular weight excluding hydrogens is 252 g/mol. The Kier molecular flexibility index (Phi) is 4.50. The molecule has 0 aliphatic carbocycles. The van der Waals surface area contributed by atoms with Gasteiger partial charge in [-0.25, -0.2) is 0 Å². The van der Waals surface area contributed by atoms with Crippen LogP contribution in [0.5, 0.6) is 0 Å². The predicted octanol–water partition coefficient (Wildman–Crippen LogP) is 2.64. The molecule has 0 atom stereocenters. The smallest absolute Gasteiger partial charge is 0.248 e. The minimum absolute atomic E-state index is 0.349. The number of hydrogen-bond acceptors (Lipinski definition) is 3. The second-order valence-electron chi connectivity index (χ2n) is 4.48. The SMILES string of the molecule is Cc1ccc(C=NOCc2ccc(C(N)=O)cc2)cc1. The molecule has 0 saturated carbocycles. The molecule has 0 radical (unpaired) electrons. The summed E-state index contributed by atoms with van der Waals surface area (Å²) in [4.78, 5) is 16.1. The molecule has 1 amide bonds. The highest BCUT2D eigenvalue weighted by molar-refractivity contribution is 5.92. The monoisotopic (exact) mass is 268 g/mol. The second kappa shape index (κ2) is 6.52. The van der Waals surface area contributed by atoms with Crippen molar-refractivity contribution in [2.24, 2.45) is 10.9 Å². The summed E-state index contributed by atoms with van der Waals surface area (Å²) in [6, 6.07) is 14.9. The maximum atomic E-state index is 10.9. The van der Waals surface area contributed by atoms with Crippen molar-refractivity contribution in [1.82, 2.24) is 0 Å². The van der Waals surface area contributed by atoms with Crippen LogP contribution in [0.2, 0.25) is 0 Å². The van der Waals surface area contributed by atoms with Crippen molar-refractivity contribution in [2.45, 2.75) is 13.5 Å². The Labute approximate surface area is 117 Å². The van der Waals surface area contributed by atoms with E-state index in [9.17, 15) is 4.79 Å². The molecule has 0 spiro atoms. The summed E-state index contributed by atoms with van der Waals surface area (Å²) in [5, 5.41) is 3.91. The van der Waals surface area contributed by atoms with Gasteiger partial charge in [0.25, 0.3) is 0 Å². The van der Waals surface area contributed by atoms with Gasteiger partial charge in [0.1, 0.15) is 6.61 Å². The first-order valence-corrected chi connectivity index (χ1v) is 6.26. The van der Waals surface area contributed by atoms with E-state index in [1.54, 1.807) is 30.5 Å². The molecule has 2 N–H and O–H groups in total. The van der Waals surface area contributed by atoms with Crippen LogP contribution in [0.4, 0.5) is 0 Å². The Balaban J connectivity index is 1.86. The summed E-state index contributed by atoms with van der Waals surface area (Å²) < 4.78 is 0. The lowest BCUT2D eigenvalue weighted by molar-refractivity contribution is 0.1000. The zero-order valence-corrected chi connectivity index (χ0v) is 11.2. The van der Waals surface area contributed by atoms with E-state index in [4.69, 9.17) is 10.6 Å². The molecule has 0 saturated heterocycles. The quantitative estimate of drug-likeness (QED) is 0.669. The van der Waals surface area contributed by atoms with Crippen LogP contribution >= 0.6 is 0 Å². The fourth-order valence-electron chi connectivity index (χ4n) is 1.63. The van der Waals surface area contributed by atoms with Gasteiger partial charge in [0.15, 0.2) is 0 Å². The highest BCUT2D eigenvalue weighted by Gasteiger charge is 1.99. The van der Waals surface area contributed by atoms with Crippen LogP contribution in [0.25, 0.3) is 0 Å². The van der Waals surface area contributed by atoms with E-state index in [-0.39, 0.29) is 0 Å². The van der Waals surface area contributed by atoms with E-state index < -0.39 is 5.91 Å². The van der Waals surface area contributed by atoms with Crippen molar-refractivity contribution in [2.75, 3.05) is 0 Å². The van der Waals surface area contributed by atoms with Gasteiger partial charge >= 0.3 is 0 Å². The van der Waals surface area contributed by atoms with Gasteiger partial charge in [-0.2, -0.15) is 0 Å². The zero-order valence-electron chi connectivity index (χ0n) is 11.2. The number of amides is 1. The molecule has 0 fully saturated rings. The van der Waals surface area contributed by atoms with Crippen LogP contribution < -0.4 is 5.73 Å². The van der Waals surface area contributed by atoms with Crippen molar-refractivity contribution in [1.29, 1.82) is 0 Å². The highest BCUT2D eigenvalue weighted by Crippen LogP contribution is 2.06. The first kappa shape index (κ1) is 13.8. The molecule has 0 bridgehead atoms. The van der Waals surface area contributed by atoms with Crippen LogP contribution in [-0.4, -0.2) is 12.1 Å². The van der Waals surface area contributed by atoms with Crippen molar-refractivity contribution >= 4 is 12.1 Å². The maximum Gasteiger partial charge on any atom is 0.248 e. The van der Waals surface area contributed by atoms with Crippen LogP contribution in [-0.2, 0) is 11.4 Å². The molecule has 20 heavy (non-hydrogen) atoms. The Morgan fingerprint density at radius 2 is 1.80 bits per heavy atom. The van der Waals surface area contributed by atoms with Crippen molar-refractivity contribution in [3.05, 3.63) is 70.8 Å². The molecule has 4 heteroatoms. The standard InChI is InChI=1S/C16H16N2O2/c1-12-2-4-13(5-3-12)10-18-20-11-14-6-8-15(9-7-14)16(17)19/h2-10H,11H2,1H3,(H2,17,19). The minimum Gasteiger partial charge on any atom is -0.391 e. The number of carbonyl (C=O) groups excluding carboxylic acids is 1. The average molecular weight is 268 g/mol. The number of nitrogens with zero attached hydrogens (tertiary/aromatic N) is 1. The van der Waals surface area contributed by atoms with E-state index in [1.807, 2.05) is 31.2 Å². The van der Waals surface area contributed by atoms with E-state index in [0.717, 1.165) is 11.1 Å². The third-order valence-corrected chi connectivity index (χ3v) is 2.82. The molecule has 0 unspecified atom stereocenters. The Morgan fingerprint density at radius 1 is 1.15 bits per heavy atom. The largest absolute Gasteiger partial charge is 0.391 e.